The Labute approximate surface area is 126 Å². The minimum Gasteiger partial charge on any atom is -0.462 e. The third-order valence-electron chi connectivity index (χ3n) is 6.36. The van der Waals surface area contributed by atoms with Crippen LogP contribution in [0.25, 0.3) is 0 Å². The first-order chi connectivity index (χ1) is 10.2. The molecule has 2 heterocycles. The topological polar surface area (TPSA) is 113 Å². The molecule has 3 N–H and O–H groups in total. The maximum Gasteiger partial charge on any atom is 0.343 e. The highest BCUT2D eigenvalue weighted by Crippen LogP contribution is 2.67. The lowest BCUT2D eigenvalue weighted by atomic mass is 9.49. The van der Waals surface area contributed by atoms with E-state index in [1.54, 1.807) is 19.9 Å². The predicted molar refractivity (Wildman–Crippen MR) is 70.2 cm³/mol. The molecule has 2 aliphatic carbocycles. The van der Waals surface area contributed by atoms with E-state index in [1.807, 2.05) is 0 Å². The van der Waals surface area contributed by atoms with Gasteiger partial charge in [-0.2, -0.15) is 0 Å². The zero-order chi connectivity index (χ0) is 16.1. The van der Waals surface area contributed by atoms with Crippen molar-refractivity contribution in [2.45, 2.75) is 44.2 Å². The number of cyclic esters (lactones) is 1. The molecular weight excluding hydrogens is 292 g/mol. The Morgan fingerprint density at radius 3 is 2.68 bits per heavy atom. The lowest BCUT2D eigenvalue weighted by Gasteiger charge is -2.58. The van der Waals surface area contributed by atoms with Gasteiger partial charge >= 0.3 is 11.9 Å². The molecule has 0 radical (unpaired) electrons. The van der Waals surface area contributed by atoms with E-state index in [0.717, 1.165) is 0 Å². The Balaban J connectivity index is 2.00. The number of carbonyl (C=O) groups is 2. The fourth-order valence-corrected chi connectivity index (χ4v) is 4.94. The van der Waals surface area contributed by atoms with Gasteiger partial charge in [0.25, 0.3) is 0 Å². The maximum atomic E-state index is 12.2. The van der Waals surface area contributed by atoms with Crippen LogP contribution in [0.3, 0.4) is 0 Å². The fraction of sp³-hybridized carbons (Fsp3) is 0.733. The lowest BCUT2D eigenvalue weighted by molar-refractivity contribution is -0.234. The summed E-state index contributed by atoms with van der Waals surface area (Å²) in [5.41, 5.74) is -3.63. The molecule has 22 heavy (non-hydrogen) atoms. The maximum absolute atomic E-state index is 12.2. The first-order valence-corrected chi connectivity index (χ1v) is 7.38. The molecule has 3 fully saturated rings. The number of hydrogen-bond acceptors (Lipinski definition) is 7. The van der Waals surface area contributed by atoms with Gasteiger partial charge in [0, 0.05) is 11.8 Å². The van der Waals surface area contributed by atoms with Crippen LogP contribution in [-0.4, -0.2) is 57.8 Å². The Kier molecular flexibility index (Phi) is 2.40. The molecule has 1 spiro atoms. The van der Waals surface area contributed by atoms with Crippen LogP contribution in [0.4, 0.5) is 0 Å². The van der Waals surface area contributed by atoms with Crippen LogP contribution in [0.15, 0.2) is 11.6 Å². The minimum absolute atomic E-state index is 0.0733. The second-order valence-corrected chi connectivity index (χ2v) is 7.11. The zero-order valence-corrected chi connectivity index (χ0v) is 12.3. The van der Waals surface area contributed by atoms with Crippen molar-refractivity contribution in [2.24, 2.45) is 16.7 Å². The molecule has 2 aliphatic heterocycles. The number of carbonyl (C=O) groups excluding carboxylic acids is 2. The van der Waals surface area contributed by atoms with Crippen LogP contribution < -0.4 is 0 Å². The van der Waals surface area contributed by atoms with Crippen LogP contribution in [-0.2, 0) is 19.1 Å². The molecule has 4 rings (SSSR count). The molecule has 0 unspecified atom stereocenters. The number of rotatable bonds is 0. The van der Waals surface area contributed by atoms with Gasteiger partial charge in [0.2, 0.25) is 5.60 Å². The van der Waals surface area contributed by atoms with Gasteiger partial charge in [-0.1, -0.05) is 13.0 Å². The van der Waals surface area contributed by atoms with Crippen LogP contribution in [0.5, 0.6) is 0 Å². The van der Waals surface area contributed by atoms with Crippen molar-refractivity contribution >= 4 is 11.9 Å². The molecule has 2 bridgehead atoms. The van der Waals surface area contributed by atoms with E-state index >= 15 is 0 Å². The molecule has 1 saturated carbocycles. The lowest BCUT2D eigenvalue weighted by Crippen LogP contribution is -2.71. The molecule has 4 aliphatic rings. The van der Waals surface area contributed by atoms with Crippen molar-refractivity contribution in [3.63, 3.8) is 0 Å². The monoisotopic (exact) mass is 310 g/mol. The Morgan fingerprint density at radius 1 is 1.32 bits per heavy atom. The van der Waals surface area contributed by atoms with Crippen LogP contribution in [0.2, 0.25) is 0 Å². The molecule has 0 aromatic rings. The Bertz CT molecular complexity index is 627. The fourth-order valence-electron chi connectivity index (χ4n) is 4.94. The molecule has 0 amide bonds. The molecular formula is C15H18O7. The van der Waals surface area contributed by atoms with Crippen molar-refractivity contribution in [1.29, 1.82) is 0 Å². The van der Waals surface area contributed by atoms with Gasteiger partial charge in [0.05, 0.1) is 11.5 Å². The summed E-state index contributed by atoms with van der Waals surface area (Å²) in [6.07, 6.45) is -1.75. The molecule has 7 atom stereocenters. The molecule has 7 heteroatoms. The van der Waals surface area contributed by atoms with E-state index in [0.29, 0.717) is 5.57 Å². The summed E-state index contributed by atoms with van der Waals surface area (Å²) < 4.78 is 10.2. The van der Waals surface area contributed by atoms with Crippen LogP contribution >= 0.6 is 0 Å². The van der Waals surface area contributed by atoms with Gasteiger partial charge in [0.15, 0.2) is 6.10 Å². The number of aliphatic hydroxyl groups is 3. The summed E-state index contributed by atoms with van der Waals surface area (Å²) in [5, 5.41) is 31.8. The summed E-state index contributed by atoms with van der Waals surface area (Å²) in [5.74, 6) is -2.13. The average molecular weight is 310 g/mol. The summed E-state index contributed by atoms with van der Waals surface area (Å²) in [7, 11) is 0. The normalized spacial score (nSPS) is 56.0. The van der Waals surface area contributed by atoms with Gasteiger partial charge in [-0.25, -0.2) is 9.59 Å². The second-order valence-electron chi connectivity index (χ2n) is 7.11. The molecule has 0 aromatic carbocycles. The van der Waals surface area contributed by atoms with Crippen molar-refractivity contribution < 1.29 is 34.4 Å². The number of ether oxygens (including phenoxy) is 2. The molecule has 2 saturated heterocycles. The average Bonchev–Trinajstić information content (AvgIpc) is 2.87. The number of fused-ring (bicyclic) bond motifs is 4. The molecule has 7 nitrogen and oxygen atoms in total. The standard InChI is InChI=1S/C15H18O7/c1-6-7(16)3-8-13(2)5-21-12(19)15(13,20)9-4-14(6,8)10(17)11(18)22-9/h3,6-7,9-10,16-17,20H,4-5H2,1-2H3/t6-,7-,9+,10+,13+,14-,15-/m1/s1. The van der Waals surface area contributed by atoms with E-state index < -0.39 is 52.6 Å². The number of hydrogen-bond donors (Lipinski definition) is 3. The van der Waals surface area contributed by atoms with E-state index in [4.69, 9.17) is 9.47 Å². The SMILES string of the molecule is C[C@@H]1[C@H](O)C=C2[C@@]13C[C@H](OC(=O)[C@@H]3O)[C@@]1(O)C(=O)OC[C@@]21C. The molecule has 0 aromatic heterocycles. The van der Waals surface area contributed by atoms with Gasteiger partial charge in [0.1, 0.15) is 12.7 Å². The van der Waals surface area contributed by atoms with Crippen molar-refractivity contribution in [1.82, 2.24) is 0 Å². The van der Waals surface area contributed by atoms with Crippen LogP contribution in [0.1, 0.15) is 20.3 Å². The van der Waals surface area contributed by atoms with Crippen LogP contribution in [0, 0.1) is 16.7 Å². The van der Waals surface area contributed by atoms with E-state index in [2.05, 4.69) is 0 Å². The highest BCUT2D eigenvalue weighted by Gasteiger charge is 2.78. The third-order valence-corrected chi connectivity index (χ3v) is 6.36. The first-order valence-electron chi connectivity index (χ1n) is 7.38. The number of aliphatic hydroxyl groups excluding tert-OH is 2. The first kappa shape index (κ1) is 14.2. The summed E-state index contributed by atoms with van der Waals surface area (Å²) in [4.78, 5) is 24.3. The van der Waals surface area contributed by atoms with Gasteiger partial charge in [-0.05, 0) is 18.4 Å². The quantitative estimate of drug-likeness (QED) is 0.384. The van der Waals surface area contributed by atoms with Crippen molar-refractivity contribution in [2.75, 3.05) is 6.61 Å². The van der Waals surface area contributed by atoms with Crippen molar-refractivity contribution in [3.8, 4) is 0 Å². The third kappa shape index (κ3) is 1.15. The van der Waals surface area contributed by atoms with Gasteiger partial charge in [-0.3, -0.25) is 0 Å². The largest absolute Gasteiger partial charge is 0.462 e. The van der Waals surface area contributed by atoms with E-state index in [9.17, 15) is 24.9 Å². The number of esters is 2. The zero-order valence-electron chi connectivity index (χ0n) is 12.3. The van der Waals surface area contributed by atoms with Gasteiger partial charge in [-0.15, -0.1) is 0 Å². The smallest absolute Gasteiger partial charge is 0.343 e. The predicted octanol–water partition coefficient (Wildman–Crippen LogP) is -1.11. The minimum atomic E-state index is -1.98. The van der Waals surface area contributed by atoms with Crippen molar-refractivity contribution in [3.05, 3.63) is 11.6 Å². The highest BCUT2D eigenvalue weighted by atomic mass is 16.6. The summed E-state index contributed by atoms with van der Waals surface area (Å²) in [6, 6.07) is 0. The summed E-state index contributed by atoms with van der Waals surface area (Å²) in [6.45, 7) is 3.33. The van der Waals surface area contributed by atoms with E-state index in [1.165, 1.54) is 0 Å². The summed E-state index contributed by atoms with van der Waals surface area (Å²) >= 11 is 0. The second kappa shape index (κ2) is 3.72. The highest BCUT2D eigenvalue weighted by molar-refractivity contribution is 5.88. The van der Waals surface area contributed by atoms with E-state index in [-0.39, 0.29) is 13.0 Å². The van der Waals surface area contributed by atoms with Gasteiger partial charge < -0.3 is 24.8 Å². The Hall–Kier alpha value is -1.44. The Morgan fingerprint density at radius 2 is 2.00 bits per heavy atom. The molecule has 120 valence electrons.